The van der Waals surface area contributed by atoms with Crippen LogP contribution in [0, 0.1) is 11.3 Å². The summed E-state index contributed by atoms with van der Waals surface area (Å²) in [5.74, 6) is 0.118. The average molecular weight is 385 g/mol. The lowest BCUT2D eigenvalue weighted by Gasteiger charge is -2.43. The molecule has 7 heteroatoms. The SMILES string of the molecule is CC(C)C1(O)CCC2(CCN(c3ccc([C@@H](O)C(F)(F)F)cc3)C2=O)CC1. The molecule has 1 saturated carbocycles. The number of aliphatic hydroxyl groups excluding tert-OH is 1. The van der Waals surface area contributed by atoms with Crippen molar-refractivity contribution < 1.29 is 28.2 Å². The van der Waals surface area contributed by atoms with Crippen LogP contribution in [0.2, 0.25) is 0 Å². The summed E-state index contributed by atoms with van der Waals surface area (Å²) in [7, 11) is 0. The molecule has 2 fully saturated rings. The monoisotopic (exact) mass is 385 g/mol. The Bertz CT molecular complexity index is 691. The molecule has 150 valence electrons. The van der Waals surface area contributed by atoms with E-state index in [-0.39, 0.29) is 17.4 Å². The first kappa shape index (κ1) is 20.1. The van der Waals surface area contributed by atoms with Gasteiger partial charge in [0.15, 0.2) is 6.10 Å². The highest BCUT2D eigenvalue weighted by Gasteiger charge is 2.52. The number of benzene rings is 1. The third-order valence-corrected chi connectivity index (χ3v) is 6.49. The molecule has 2 aliphatic rings. The molecule has 27 heavy (non-hydrogen) atoms. The molecule has 1 saturated heterocycles. The first-order valence-corrected chi connectivity index (χ1v) is 9.38. The predicted octanol–water partition coefficient (Wildman–Crippen LogP) is 3.97. The maximum absolute atomic E-state index is 13.1. The predicted molar refractivity (Wildman–Crippen MR) is 95.1 cm³/mol. The molecule has 1 atom stereocenters. The second kappa shape index (κ2) is 6.78. The highest BCUT2D eigenvalue weighted by molar-refractivity contribution is 6.00. The van der Waals surface area contributed by atoms with Crippen molar-refractivity contribution in [1.29, 1.82) is 0 Å². The van der Waals surface area contributed by atoms with Crippen molar-refractivity contribution in [3.8, 4) is 0 Å². The van der Waals surface area contributed by atoms with Crippen LogP contribution in [0.3, 0.4) is 0 Å². The number of amides is 1. The summed E-state index contributed by atoms with van der Waals surface area (Å²) in [5.41, 5.74) is -0.911. The lowest BCUT2D eigenvalue weighted by Crippen LogP contribution is -2.46. The first-order chi connectivity index (χ1) is 12.5. The van der Waals surface area contributed by atoms with Crippen molar-refractivity contribution in [2.45, 2.75) is 63.8 Å². The van der Waals surface area contributed by atoms with Gasteiger partial charge in [-0.2, -0.15) is 13.2 Å². The number of carbonyl (C=O) groups is 1. The van der Waals surface area contributed by atoms with Gasteiger partial charge in [0.25, 0.3) is 0 Å². The molecule has 1 aromatic rings. The smallest absolute Gasteiger partial charge is 0.390 e. The van der Waals surface area contributed by atoms with E-state index < -0.39 is 23.3 Å². The van der Waals surface area contributed by atoms with E-state index in [9.17, 15) is 28.2 Å². The molecule has 0 bridgehead atoms. The molecule has 3 rings (SSSR count). The van der Waals surface area contributed by atoms with Gasteiger partial charge < -0.3 is 15.1 Å². The Labute approximate surface area is 157 Å². The van der Waals surface area contributed by atoms with Crippen molar-refractivity contribution in [3.63, 3.8) is 0 Å². The average Bonchev–Trinajstić information content (AvgIpc) is 2.93. The molecule has 0 unspecified atom stereocenters. The van der Waals surface area contributed by atoms with Gasteiger partial charge in [0.2, 0.25) is 5.91 Å². The molecule has 1 spiro atoms. The third-order valence-electron chi connectivity index (χ3n) is 6.49. The quantitative estimate of drug-likeness (QED) is 0.828. The van der Waals surface area contributed by atoms with Gasteiger partial charge in [0.1, 0.15) is 0 Å². The van der Waals surface area contributed by atoms with Crippen LogP contribution in [0.1, 0.15) is 57.6 Å². The van der Waals surface area contributed by atoms with E-state index in [4.69, 9.17) is 0 Å². The van der Waals surface area contributed by atoms with Crippen LogP contribution in [0.15, 0.2) is 24.3 Å². The zero-order valence-corrected chi connectivity index (χ0v) is 15.6. The molecule has 1 aliphatic heterocycles. The molecule has 1 heterocycles. The van der Waals surface area contributed by atoms with Crippen molar-refractivity contribution in [3.05, 3.63) is 29.8 Å². The van der Waals surface area contributed by atoms with Gasteiger partial charge >= 0.3 is 6.18 Å². The summed E-state index contributed by atoms with van der Waals surface area (Å²) < 4.78 is 37.9. The third kappa shape index (κ3) is 3.59. The lowest BCUT2D eigenvalue weighted by molar-refractivity contribution is -0.206. The second-order valence-electron chi connectivity index (χ2n) is 8.28. The van der Waals surface area contributed by atoms with Gasteiger partial charge in [-0.1, -0.05) is 26.0 Å². The van der Waals surface area contributed by atoms with Crippen LogP contribution >= 0.6 is 0 Å². The Morgan fingerprint density at radius 1 is 1.04 bits per heavy atom. The minimum absolute atomic E-state index is 0.0163. The molecular weight excluding hydrogens is 359 g/mol. The zero-order chi connectivity index (χ0) is 20.0. The molecule has 4 nitrogen and oxygen atoms in total. The fourth-order valence-electron chi connectivity index (χ4n) is 4.30. The number of alkyl halides is 3. The molecule has 0 aromatic heterocycles. The van der Waals surface area contributed by atoms with Crippen LogP contribution in [-0.2, 0) is 4.79 Å². The van der Waals surface area contributed by atoms with Gasteiger partial charge in [0.05, 0.1) is 11.0 Å². The fourth-order valence-corrected chi connectivity index (χ4v) is 4.30. The van der Waals surface area contributed by atoms with E-state index in [0.29, 0.717) is 44.3 Å². The van der Waals surface area contributed by atoms with Crippen LogP contribution in [0.5, 0.6) is 0 Å². The standard InChI is InChI=1S/C20H26F3NO3/c1-13(2)19(27)9-7-18(8-10-19)11-12-24(17(18)26)15-5-3-14(4-6-15)16(25)20(21,22)23/h3-6,13,16,25,27H,7-12H2,1-2H3/t16-,18?,19?/m1/s1. The molecule has 1 aromatic carbocycles. The Balaban J connectivity index is 1.73. The van der Waals surface area contributed by atoms with E-state index >= 15 is 0 Å². The lowest BCUT2D eigenvalue weighted by atomic mass is 9.65. The Morgan fingerprint density at radius 2 is 1.59 bits per heavy atom. The number of halogens is 3. The van der Waals surface area contributed by atoms with Crippen molar-refractivity contribution in [1.82, 2.24) is 0 Å². The van der Waals surface area contributed by atoms with Gasteiger partial charge in [-0.25, -0.2) is 0 Å². The maximum atomic E-state index is 13.1. The summed E-state index contributed by atoms with van der Waals surface area (Å²) in [6.45, 7) is 4.48. The molecular formula is C20H26F3NO3. The first-order valence-electron chi connectivity index (χ1n) is 9.38. The van der Waals surface area contributed by atoms with E-state index in [2.05, 4.69) is 0 Å². The van der Waals surface area contributed by atoms with E-state index in [1.807, 2.05) is 13.8 Å². The van der Waals surface area contributed by atoms with Crippen molar-refractivity contribution in [2.75, 3.05) is 11.4 Å². The minimum Gasteiger partial charge on any atom is -0.390 e. The normalized spacial score (nSPS) is 30.4. The van der Waals surface area contributed by atoms with Gasteiger partial charge in [-0.15, -0.1) is 0 Å². The minimum atomic E-state index is -4.72. The number of nitrogens with zero attached hydrogens (tertiary/aromatic N) is 1. The number of aliphatic hydroxyl groups is 2. The fraction of sp³-hybridized carbons (Fsp3) is 0.650. The number of rotatable bonds is 3. The van der Waals surface area contributed by atoms with Crippen molar-refractivity contribution >= 4 is 11.6 Å². The summed E-state index contributed by atoms with van der Waals surface area (Å²) >= 11 is 0. The van der Waals surface area contributed by atoms with E-state index in [1.54, 1.807) is 4.90 Å². The van der Waals surface area contributed by atoms with Crippen molar-refractivity contribution in [2.24, 2.45) is 11.3 Å². The number of hydrogen-bond acceptors (Lipinski definition) is 3. The Morgan fingerprint density at radius 3 is 2.07 bits per heavy atom. The zero-order valence-electron chi connectivity index (χ0n) is 15.6. The van der Waals surface area contributed by atoms with Crippen LogP contribution < -0.4 is 4.90 Å². The van der Waals surface area contributed by atoms with Crippen LogP contribution in [0.25, 0.3) is 0 Å². The summed E-state index contributed by atoms with van der Waals surface area (Å²) in [5, 5.41) is 20.0. The van der Waals surface area contributed by atoms with Gasteiger partial charge in [-0.05, 0) is 55.7 Å². The topological polar surface area (TPSA) is 60.8 Å². The van der Waals surface area contributed by atoms with Crippen LogP contribution in [0.4, 0.5) is 18.9 Å². The highest BCUT2D eigenvalue weighted by Crippen LogP contribution is 2.50. The Hall–Kier alpha value is -1.60. The summed E-state index contributed by atoms with van der Waals surface area (Å²) in [6, 6.07) is 5.33. The van der Waals surface area contributed by atoms with E-state index in [0.717, 1.165) is 0 Å². The van der Waals surface area contributed by atoms with Crippen LogP contribution in [-0.4, -0.2) is 34.4 Å². The molecule has 1 amide bonds. The molecule has 1 aliphatic carbocycles. The van der Waals surface area contributed by atoms with Gasteiger partial charge in [0, 0.05) is 12.2 Å². The molecule has 0 radical (unpaired) electrons. The van der Waals surface area contributed by atoms with Gasteiger partial charge in [-0.3, -0.25) is 4.79 Å². The number of carbonyl (C=O) groups excluding carboxylic acids is 1. The number of hydrogen-bond donors (Lipinski definition) is 2. The van der Waals surface area contributed by atoms with E-state index in [1.165, 1.54) is 24.3 Å². The Kier molecular flexibility index (Phi) is 5.06. The maximum Gasteiger partial charge on any atom is 0.418 e. The second-order valence-corrected chi connectivity index (χ2v) is 8.28. The summed E-state index contributed by atoms with van der Waals surface area (Å²) in [6.07, 6.45) is -4.14. The summed E-state index contributed by atoms with van der Waals surface area (Å²) in [4.78, 5) is 14.7. The molecule has 2 N–H and O–H groups in total. The number of anilines is 1. The highest BCUT2D eigenvalue weighted by atomic mass is 19.4. The largest absolute Gasteiger partial charge is 0.418 e.